The van der Waals surface area contributed by atoms with Crippen molar-refractivity contribution in [2.75, 3.05) is 18.4 Å². The maximum absolute atomic E-state index is 12.6. The van der Waals surface area contributed by atoms with Crippen LogP contribution in [0.2, 0.25) is 0 Å². The number of rotatable bonds is 2. The molecule has 7 heteroatoms. The molecular formula is C17H22N6O. The number of anilines is 1. The molecule has 0 radical (unpaired) electrons. The number of piperidine rings is 1. The van der Waals surface area contributed by atoms with E-state index in [1.165, 1.54) is 32.0 Å². The lowest BCUT2D eigenvalue weighted by Gasteiger charge is -2.39. The summed E-state index contributed by atoms with van der Waals surface area (Å²) in [6.07, 6.45) is 12.3. The molecule has 1 N–H and O–H groups in total. The van der Waals surface area contributed by atoms with Crippen LogP contribution in [-0.4, -0.2) is 43.8 Å². The van der Waals surface area contributed by atoms with Crippen LogP contribution in [0.1, 0.15) is 38.5 Å². The fourth-order valence-corrected chi connectivity index (χ4v) is 4.00. The molecule has 2 amide bonds. The van der Waals surface area contributed by atoms with Crippen LogP contribution in [0.4, 0.5) is 10.5 Å². The van der Waals surface area contributed by atoms with E-state index in [1.54, 1.807) is 23.3 Å². The highest BCUT2D eigenvalue weighted by atomic mass is 16.2. The number of hydrogen-bond donors (Lipinski definition) is 1. The SMILES string of the molecule is O=C(Nc1cccnc1-n1cncn1)N1CCC2(CCCC2)CC1. The van der Waals surface area contributed by atoms with E-state index in [0.29, 0.717) is 16.9 Å². The summed E-state index contributed by atoms with van der Waals surface area (Å²) in [7, 11) is 0. The Hall–Kier alpha value is -2.44. The summed E-state index contributed by atoms with van der Waals surface area (Å²) in [6.45, 7) is 1.68. The van der Waals surface area contributed by atoms with Crippen molar-refractivity contribution in [2.45, 2.75) is 38.5 Å². The number of amides is 2. The largest absolute Gasteiger partial charge is 0.324 e. The van der Waals surface area contributed by atoms with Crippen molar-refractivity contribution in [3.05, 3.63) is 31.0 Å². The Morgan fingerprint density at radius 3 is 2.67 bits per heavy atom. The minimum Gasteiger partial charge on any atom is -0.324 e. The Morgan fingerprint density at radius 1 is 1.17 bits per heavy atom. The van der Waals surface area contributed by atoms with Gasteiger partial charge in [-0.2, -0.15) is 5.10 Å². The molecule has 4 rings (SSSR count). The maximum atomic E-state index is 12.6. The maximum Gasteiger partial charge on any atom is 0.321 e. The van der Waals surface area contributed by atoms with E-state index >= 15 is 0 Å². The number of hydrogen-bond acceptors (Lipinski definition) is 4. The predicted octanol–water partition coefficient (Wildman–Crippen LogP) is 2.85. The number of likely N-dealkylation sites (tertiary alicyclic amines) is 1. The summed E-state index contributed by atoms with van der Waals surface area (Å²) >= 11 is 0. The van der Waals surface area contributed by atoms with Crippen molar-refractivity contribution in [1.29, 1.82) is 0 Å². The summed E-state index contributed by atoms with van der Waals surface area (Å²) in [5.74, 6) is 0.577. The van der Waals surface area contributed by atoms with Gasteiger partial charge >= 0.3 is 6.03 Å². The summed E-state index contributed by atoms with van der Waals surface area (Å²) in [4.78, 5) is 22.8. The molecule has 1 aliphatic heterocycles. The molecule has 126 valence electrons. The summed E-state index contributed by atoms with van der Waals surface area (Å²) < 4.78 is 1.55. The average molecular weight is 326 g/mol. The number of nitrogens with one attached hydrogen (secondary N) is 1. The second-order valence-corrected chi connectivity index (χ2v) is 6.84. The van der Waals surface area contributed by atoms with E-state index in [1.807, 2.05) is 11.0 Å². The second kappa shape index (κ2) is 6.22. The fourth-order valence-electron chi connectivity index (χ4n) is 4.00. The van der Waals surface area contributed by atoms with Crippen LogP contribution < -0.4 is 5.32 Å². The Morgan fingerprint density at radius 2 is 1.96 bits per heavy atom. The van der Waals surface area contributed by atoms with Gasteiger partial charge in [0, 0.05) is 19.3 Å². The zero-order valence-electron chi connectivity index (χ0n) is 13.7. The van der Waals surface area contributed by atoms with Crippen molar-refractivity contribution in [2.24, 2.45) is 5.41 Å². The third-order valence-electron chi connectivity index (χ3n) is 5.44. The van der Waals surface area contributed by atoms with Crippen LogP contribution in [0.25, 0.3) is 5.82 Å². The van der Waals surface area contributed by atoms with Gasteiger partial charge in [-0.3, -0.25) is 0 Å². The van der Waals surface area contributed by atoms with E-state index in [-0.39, 0.29) is 6.03 Å². The van der Waals surface area contributed by atoms with E-state index in [0.717, 1.165) is 25.9 Å². The molecule has 2 aliphatic rings. The van der Waals surface area contributed by atoms with Crippen LogP contribution in [0.15, 0.2) is 31.0 Å². The minimum atomic E-state index is -0.0581. The fraction of sp³-hybridized carbons (Fsp3) is 0.529. The molecule has 0 aromatic carbocycles. The smallest absolute Gasteiger partial charge is 0.321 e. The third kappa shape index (κ3) is 2.86. The highest BCUT2D eigenvalue weighted by molar-refractivity contribution is 5.91. The number of carbonyl (C=O) groups is 1. The van der Waals surface area contributed by atoms with Gasteiger partial charge in [-0.05, 0) is 43.2 Å². The van der Waals surface area contributed by atoms with Gasteiger partial charge in [0.05, 0.1) is 5.69 Å². The number of nitrogens with zero attached hydrogens (tertiary/aromatic N) is 5. The first-order valence-electron chi connectivity index (χ1n) is 8.62. The van der Waals surface area contributed by atoms with Crippen molar-refractivity contribution in [1.82, 2.24) is 24.6 Å². The number of urea groups is 1. The van der Waals surface area contributed by atoms with Crippen LogP contribution in [0.5, 0.6) is 0 Å². The zero-order valence-corrected chi connectivity index (χ0v) is 13.7. The Labute approximate surface area is 141 Å². The van der Waals surface area contributed by atoms with Crippen LogP contribution in [0.3, 0.4) is 0 Å². The van der Waals surface area contributed by atoms with E-state index in [4.69, 9.17) is 0 Å². The predicted molar refractivity (Wildman–Crippen MR) is 89.9 cm³/mol. The van der Waals surface area contributed by atoms with Gasteiger partial charge in [-0.1, -0.05) is 12.8 Å². The number of pyridine rings is 1. The lowest BCUT2D eigenvalue weighted by molar-refractivity contribution is 0.127. The normalized spacial score (nSPS) is 19.6. The zero-order chi connectivity index (χ0) is 16.4. The number of aromatic nitrogens is 4. The minimum absolute atomic E-state index is 0.0581. The lowest BCUT2D eigenvalue weighted by atomic mass is 9.77. The van der Waals surface area contributed by atoms with Gasteiger partial charge in [0.25, 0.3) is 0 Å². The van der Waals surface area contributed by atoms with Gasteiger partial charge in [0.15, 0.2) is 5.82 Å². The first-order chi connectivity index (χ1) is 11.8. The molecule has 2 aromatic heterocycles. The monoisotopic (exact) mass is 326 g/mol. The summed E-state index contributed by atoms with van der Waals surface area (Å²) in [6, 6.07) is 3.58. The van der Waals surface area contributed by atoms with Gasteiger partial charge in [-0.25, -0.2) is 19.4 Å². The molecular weight excluding hydrogens is 304 g/mol. The lowest BCUT2D eigenvalue weighted by Crippen LogP contribution is -2.44. The average Bonchev–Trinajstić information content (AvgIpc) is 3.28. The molecule has 3 heterocycles. The van der Waals surface area contributed by atoms with Crippen molar-refractivity contribution in [3.63, 3.8) is 0 Å². The topological polar surface area (TPSA) is 75.9 Å². The van der Waals surface area contributed by atoms with Crippen molar-refractivity contribution in [3.8, 4) is 5.82 Å². The summed E-state index contributed by atoms with van der Waals surface area (Å²) in [5, 5.41) is 7.08. The molecule has 0 atom stereocenters. The molecule has 0 bridgehead atoms. The van der Waals surface area contributed by atoms with Crippen LogP contribution >= 0.6 is 0 Å². The van der Waals surface area contributed by atoms with Gasteiger partial charge in [-0.15, -0.1) is 0 Å². The molecule has 1 spiro atoms. The van der Waals surface area contributed by atoms with Crippen molar-refractivity contribution >= 4 is 11.7 Å². The van der Waals surface area contributed by atoms with E-state index < -0.39 is 0 Å². The van der Waals surface area contributed by atoms with Crippen LogP contribution in [0, 0.1) is 5.41 Å². The van der Waals surface area contributed by atoms with E-state index in [2.05, 4.69) is 20.4 Å². The summed E-state index contributed by atoms with van der Waals surface area (Å²) in [5.41, 5.74) is 1.16. The third-order valence-corrected chi connectivity index (χ3v) is 5.44. The molecule has 24 heavy (non-hydrogen) atoms. The molecule has 7 nitrogen and oxygen atoms in total. The quantitative estimate of drug-likeness (QED) is 0.920. The standard InChI is InChI=1S/C17H22N6O/c24-16(22-10-7-17(8-11-22)5-1-2-6-17)21-14-4-3-9-19-15(14)23-13-18-12-20-23/h3-4,9,12-13H,1-2,5-8,10-11H2,(H,21,24). The Balaban J connectivity index is 1.44. The second-order valence-electron chi connectivity index (χ2n) is 6.84. The molecule has 2 fully saturated rings. The molecule has 2 aromatic rings. The first-order valence-corrected chi connectivity index (χ1v) is 8.62. The highest BCUT2D eigenvalue weighted by Gasteiger charge is 2.38. The van der Waals surface area contributed by atoms with Crippen LogP contribution in [-0.2, 0) is 0 Å². The number of carbonyl (C=O) groups excluding carboxylic acids is 1. The highest BCUT2D eigenvalue weighted by Crippen LogP contribution is 2.46. The van der Waals surface area contributed by atoms with Gasteiger partial charge in [0.2, 0.25) is 0 Å². The molecule has 1 saturated carbocycles. The Bertz CT molecular complexity index is 698. The van der Waals surface area contributed by atoms with E-state index in [9.17, 15) is 4.79 Å². The molecule has 1 aliphatic carbocycles. The van der Waals surface area contributed by atoms with Gasteiger partial charge < -0.3 is 10.2 Å². The van der Waals surface area contributed by atoms with Crippen molar-refractivity contribution < 1.29 is 4.79 Å². The Kier molecular flexibility index (Phi) is 3.92. The first kappa shape index (κ1) is 15.1. The molecule has 1 saturated heterocycles. The molecule has 0 unspecified atom stereocenters. The van der Waals surface area contributed by atoms with Gasteiger partial charge in [0.1, 0.15) is 12.7 Å².